The predicted molar refractivity (Wildman–Crippen MR) is 263 cm³/mol. The van der Waals surface area contributed by atoms with E-state index in [1.807, 2.05) is 58.1 Å². The van der Waals surface area contributed by atoms with Gasteiger partial charge in [-0.3, -0.25) is 23.7 Å². The zero-order chi connectivity index (χ0) is 51.4. The summed E-state index contributed by atoms with van der Waals surface area (Å²) >= 11 is 0. The summed E-state index contributed by atoms with van der Waals surface area (Å²) in [6.07, 6.45) is 11.4. The molecule has 3 fully saturated rings. The Morgan fingerprint density at radius 1 is 0.855 bits per heavy atom. The molecule has 16 heteroatoms. The highest BCUT2D eigenvalue weighted by atomic mass is 31.2. The first-order chi connectivity index (χ1) is 32.4. The number of piperidine rings is 1. The van der Waals surface area contributed by atoms with Gasteiger partial charge < -0.3 is 43.3 Å². The number of hydrogen-bond donors (Lipinski definition) is 2. The van der Waals surface area contributed by atoms with Crippen LogP contribution in [0.5, 0.6) is 0 Å². The maximum Gasteiger partial charge on any atom is 0.329 e. The minimum absolute atomic E-state index is 0.0117. The molecule has 2 N–H and O–H groups in total. The highest BCUT2D eigenvalue weighted by Crippen LogP contribution is 2.45. The Bertz CT molecular complexity index is 1940. The molecule has 15 nitrogen and oxygen atoms in total. The van der Waals surface area contributed by atoms with Crippen LogP contribution in [0, 0.1) is 35.5 Å². The number of aliphatic hydroxyl groups is 2. The number of hydrogen-bond acceptors (Lipinski definition) is 14. The molecule has 3 heterocycles. The summed E-state index contributed by atoms with van der Waals surface area (Å²) < 4.78 is 48.2. The van der Waals surface area contributed by atoms with Gasteiger partial charge in [0.1, 0.15) is 30.1 Å². The molecule has 0 spiro atoms. The number of ether oxygens (including phenoxy) is 5. The van der Waals surface area contributed by atoms with Gasteiger partial charge in [-0.1, -0.05) is 71.1 Å². The van der Waals surface area contributed by atoms with Crippen molar-refractivity contribution < 1.29 is 67.0 Å². The van der Waals surface area contributed by atoms with Crippen LogP contribution in [0.25, 0.3) is 0 Å². The topological polar surface area (TPSA) is 201 Å². The van der Waals surface area contributed by atoms with E-state index in [1.165, 1.54) is 12.0 Å². The highest BCUT2D eigenvalue weighted by molar-refractivity contribution is 7.57. The number of esters is 1. The lowest BCUT2D eigenvalue weighted by Crippen LogP contribution is -2.61. The number of carbonyl (C=O) groups excluding carboxylic acids is 5. The highest BCUT2D eigenvalue weighted by Gasteiger charge is 2.53. The minimum atomic E-state index is -2.79. The molecule has 69 heavy (non-hydrogen) atoms. The molecule has 0 aromatic rings. The van der Waals surface area contributed by atoms with Crippen LogP contribution in [-0.2, 0) is 56.7 Å². The van der Waals surface area contributed by atoms with Crippen molar-refractivity contribution in [2.75, 3.05) is 41.2 Å². The number of fused-ring (bicyclic) bond motifs is 3. The third-order valence-electron chi connectivity index (χ3n) is 14.8. The van der Waals surface area contributed by atoms with E-state index >= 15 is 0 Å². The minimum Gasteiger partial charge on any atom is -0.460 e. The van der Waals surface area contributed by atoms with Gasteiger partial charge in [0.25, 0.3) is 11.7 Å². The van der Waals surface area contributed by atoms with E-state index in [0.29, 0.717) is 63.4 Å². The monoisotopic (exact) mass is 990 g/mol. The molecular formula is C53H84NO14P. The zero-order valence-corrected chi connectivity index (χ0v) is 44.3. The maximum absolute atomic E-state index is 14.5. The summed E-state index contributed by atoms with van der Waals surface area (Å²) in [5.74, 6) is -8.11. The van der Waals surface area contributed by atoms with Crippen LogP contribution >= 0.6 is 7.37 Å². The van der Waals surface area contributed by atoms with Crippen LogP contribution in [0.4, 0.5) is 0 Å². The summed E-state index contributed by atoms with van der Waals surface area (Å²) in [6.45, 7) is 15.9. The first kappa shape index (κ1) is 58.4. The Hall–Kier alpha value is -3.14. The lowest BCUT2D eigenvalue weighted by molar-refractivity contribution is -0.265. The summed E-state index contributed by atoms with van der Waals surface area (Å²) in [4.78, 5) is 72.2. The molecule has 2 bridgehead atoms. The third kappa shape index (κ3) is 16.2. The fourth-order valence-electron chi connectivity index (χ4n) is 10.5. The lowest BCUT2D eigenvalue weighted by atomic mass is 9.78. The number of rotatable bonds is 8. The van der Waals surface area contributed by atoms with E-state index in [9.17, 15) is 38.8 Å². The van der Waals surface area contributed by atoms with Crippen molar-refractivity contribution >= 4 is 36.6 Å². The van der Waals surface area contributed by atoms with E-state index < -0.39 is 85.1 Å². The summed E-state index contributed by atoms with van der Waals surface area (Å²) in [6, 6.07) is -1.16. The number of Topliss-reactive ketones (excluding diaryl/α,β-unsaturated/α-hetero) is 3. The molecule has 4 aliphatic rings. The molecule has 0 aromatic heterocycles. The molecule has 0 aromatic carbocycles. The summed E-state index contributed by atoms with van der Waals surface area (Å²) in [5.41, 5.74) is 1.25. The molecule has 2 saturated heterocycles. The quantitative estimate of drug-likeness (QED) is 0.104. The van der Waals surface area contributed by atoms with Gasteiger partial charge in [-0.05, 0) is 107 Å². The lowest BCUT2D eigenvalue weighted by Gasteiger charge is -2.42. The van der Waals surface area contributed by atoms with Gasteiger partial charge in [0.05, 0.1) is 24.4 Å². The van der Waals surface area contributed by atoms with E-state index in [1.54, 1.807) is 54.4 Å². The second-order valence-corrected chi connectivity index (χ2v) is 23.6. The van der Waals surface area contributed by atoms with Crippen LogP contribution in [0.2, 0.25) is 0 Å². The average Bonchev–Trinajstić information content (AvgIpc) is 3.30. The normalized spacial score (nSPS) is 39.0. The molecule has 390 valence electrons. The van der Waals surface area contributed by atoms with Crippen LogP contribution in [-0.4, -0.2) is 140 Å². The van der Waals surface area contributed by atoms with E-state index in [0.717, 1.165) is 12.0 Å². The van der Waals surface area contributed by atoms with Gasteiger partial charge in [0.2, 0.25) is 5.79 Å². The van der Waals surface area contributed by atoms with Crippen molar-refractivity contribution in [2.24, 2.45) is 35.5 Å². The first-order valence-corrected chi connectivity index (χ1v) is 27.7. The smallest absolute Gasteiger partial charge is 0.329 e. The second-order valence-electron chi connectivity index (χ2n) is 20.9. The maximum atomic E-state index is 14.5. The largest absolute Gasteiger partial charge is 0.460 e. The number of allylic oxidation sites excluding steroid dienone is 6. The van der Waals surface area contributed by atoms with Crippen molar-refractivity contribution in [3.8, 4) is 0 Å². The molecule has 1 saturated carbocycles. The van der Waals surface area contributed by atoms with Crippen molar-refractivity contribution in [3.05, 3.63) is 47.6 Å². The number of carbonyl (C=O) groups is 5. The van der Waals surface area contributed by atoms with Crippen molar-refractivity contribution in [3.63, 3.8) is 0 Å². The van der Waals surface area contributed by atoms with Gasteiger partial charge >= 0.3 is 5.97 Å². The molecule has 0 radical (unpaired) electrons. The Morgan fingerprint density at radius 2 is 1.57 bits per heavy atom. The molecule has 1 aliphatic carbocycles. The summed E-state index contributed by atoms with van der Waals surface area (Å²) in [5, 5.41) is 23.5. The number of cyclic esters (lactones) is 1. The molecule has 4 unspecified atom stereocenters. The Morgan fingerprint density at radius 3 is 2.22 bits per heavy atom. The number of nitrogens with zero attached hydrogens (tertiary/aromatic N) is 1. The molecular weight excluding hydrogens is 906 g/mol. The van der Waals surface area contributed by atoms with Crippen molar-refractivity contribution in [1.29, 1.82) is 0 Å². The van der Waals surface area contributed by atoms with Crippen molar-refractivity contribution in [2.45, 2.75) is 180 Å². The number of ketones is 3. The van der Waals surface area contributed by atoms with Crippen LogP contribution in [0.1, 0.15) is 126 Å². The first-order valence-electron chi connectivity index (χ1n) is 25.2. The fourth-order valence-corrected chi connectivity index (χ4v) is 11.4. The Kier molecular flexibility index (Phi) is 22.5. The summed E-state index contributed by atoms with van der Waals surface area (Å²) in [7, 11) is 1.76. The van der Waals surface area contributed by atoms with Crippen molar-refractivity contribution in [1.82, 2.24) is 4.90 Å². The number of aliphatic hydroxyl groups excluding tert-OH is 1. The van der Waals surface area contributed by atoms with E-state index in [2.05, 4.69) is 0 Å². The van der Waals surface area contributed by atoms with Crippen LogP contribution < -0.4 is 0 Å². The van der Waals surface area contributed by atoms with E-state index in [4.69, 9.17) is 28.2 Å². The second kappa shape index (κ2) is 26.5. The predicted octanol–water partition coefficient (Wildman–Crippen LogP) is 7.74. The van der Waals surface area contributed by atoms with Gasteiger partial charge in [0.15, 0.2) is 13.2 Å². The molecule has 3 aliphatic heterocycles. The van der Waals surface area contributed by atoms with Gasteiger partial charge in [-0.15, -0.1) is 0 Å². The molecule has 4 rings (SSSR count). The zero-order valence-electron chi connectivity index (χ0n) is 43.4. The molecule has 1 amide bonds. The van der Waals surface area contributed by atoms with Gasteiger partial charge in [0, 0.05) is 71.8 Å². The fraction of sp³-hybridized carbons (Fsp3) is 0.755. The van der Waals surface area contributed by atoms with E-state index in [-0.39, 0.29) is 60.9 Å². The number of methoxy groups -OCH3 is 3. The number of amides is 1. The van der Waals surface area contributed by atoms with Gasteiger partial charge in [-0.2, -0.15) is 0 Å². The van der Waals surface area contributed by atoms with Crippen LogP contribution in [0.3, 0.4) is 0 Å². The van der Waals surface area contributed by atoms with Crippen LogP contribution in [0.15, 0.2) is 47.6 Å². The average molecular weight is 990 g/mol. The standard InChI is InChI=1S/C53H84NO14P/c1-32-18-14-13-15-19-33(2)44(63-8)30-40-23-21-38(7)53(61,67-40)50(58)51(59)54-25-17-16-20-41(54)52(60)66-45(35(4)28-39-22-24-43(46(29-39)64-9)68-69(11,12)62)31-42(55)34(3)27-37(6)48(57)49(65-10)47(56)36(5)26-32/h13-15,18-19,27,32,34-36,38-41,43-46,48-49,57,61H,16-17,20-26,28-31H2,1-12H3/b15-13+,18-14+,33-19+,37-27+/t32-,34-,35-,36-,38-,39?,40+,41?,43-,44+,45?,46-,48-,49+,53?/m1/s1. The SMILES string of the molecule is CO[C@H]1C[C@@H]2CC[C@@H](C)C(O)(O2)C(=O)C(=O)N2CCCCC2C(=O)OC([C@H](C)CC2CC[C@@H](OP(C)(C)=O)[C@H](OC)C2)CC(=O)[C@H](C)/C=C(\C)[C@@H](O)[C@@H](OC)C(=O)[C@H](C)C[C@H](C)/C=C/C=C/C=C/1C. The molecule has 15 atom stereocenters. The Balaban J connectivity index is 1.70. The Labute approximate surface area is 411 Å². The third-order valence-corrected chi connectivity index (χ3v) is 15.6. The van der Waals surface area contributed by atoms with Gasteiger partial charge in [-0.25, -0.2) is 4.79 Å².